The lowest BCUT2D eigenvalue weighted by Crippen LogP contribution is -2.47. The molecule has 160 valence electrons. The maximum atomic E-state index is 13.6. The maximum absolute atomic E-state index is 13.6. The van der Waals surface area contributed by atoms with Gasteiger partial charge in [-0.05, 0) is 64.0 Å². The summed E-state index contributed by atoms with van der Waals surface area (Å²) in [7, 11) is 0. The van der Waals surface area contributed by atoms with Crippen molar-refractivity contribution < 1.29 is 23.5 Å². The molecule has 0 bridgehead atoms. The monoisotopic (exact) mass is 397 g/mol. The number of carbonyl (C=O) groups excluding carboxylic acids is 2. The van der Waals surface area contributed by atoms with E-state index >= 15 is 0 Å². The fraction of sp³-hybridized carbons (Fsp3) is 0.727. The molecule has 2 unspecified atom stereocenters. The second kappa shape index (κ2) is 9.10. The molecule has 1 aliphatic rings. The van der Waals surface area contributed by atoms with Gasteiger partial charge >= 0.3 is 12.1 Å². The molecule has 28 heavy (non-hydrogen) atoms. The Morgan fingerprint density at radius 2 is 1.79 bits per heavy atom. The van der Waals surface area contributed by atoms with Gasteiger partial charge in [0.05, 0.1) is 0 Å². The van der Waals surface area contributed by atoms with Crippen LogP contribution in [0.15, 0.2) is 24.1 Å². The Balaban J connectivity index is 2.84. The van der Waals surface area contributed by atoms with Crippen LogP contribution >= 0.6 is 0 Å². The summed E-state index contributed by atoms with van der Waals surface area (Å²) in [4.78, 5) is 24.4. The van der Waals surface area contributed by atoms with E-state index in [9.17, 15) is 14.0 Å². The van der Waals surface area contributed by atoms with E-state index in [2.05, 4.69) is 26.1 Å². The standard InChI is InChI=1S/C22H36FNO4/c1-13(2)18(22(9)11-10-17(23)12-14(22)3)16(5)27-19(25)15(4)24-20(26)28-21(6,7)8/h10-16,18H,1-9H3,(H,24,26)/t14?,15-,16-,18-,22?/m0/s1. The third-order valence-corrected chi connectivity index (χ3v) is 5.32. The quantitative estimate of drug-likeness (QED) is 0.628. The van der Waals surface area contributed by atoms with Gasteiger partial charge in [-0.2, -0.15) is 0 Å². The van der Waals surface area contributed by atoms with Crippen molar-refractivity contribution in [1.29, 1.82) is 0 Å². The third kappa shape index (κ3) is 6.35. The normalized spacial score (nSPS) is 25.5. The molecule has 0 aromatic heterocycles. The first-order chi connectivity index (χ1) is 12.7. The summed E-state index contributed by atoms with van der Waals surface area (Å²) in [6, 6.07) is -0.838. The highest BCUT2D eigenvalue weighted by atomic mass is 19.1. The Morgan fingerprint density at radius 3 is 2.25 bits per heavy atom. The van der Waals surface area contributed by atoms with Gasteiger partial charge in [-0.1, -0.05) is 33.8 Å². The number of nitrogens with one attached hydrogen (secondary N) is 1. The van der Waals surface area contributed by atoms with Crippen LogP contribution in [0, 0.1) is 23.2 Å². The van der Waals surface area contributed by atoms with E-state index in [1.807, 2.05) is 19.9 Å². The van der Waals surface area contributed by atoms with E-state index < -0.39 is 29.8 Å². The highest BCUT2D eigenvalue weighted by Crippen LogP contribution is 2.47. The molecule has 0 heterocycles. The molecular weight excluding hydrogens is 361 g/mol. The first-order valence-corrected chi connectivity index (χ1v) is 9.94. The predicted molar refractivity (Wildman–Crippen MR) is 108 cm³/mol. The largest absolute Gasteiger partial charge is 0.461 e. The molecule has 1 rings (SSSR count). The van der Waals surface area contributed by atoms with Crippen molar-refractivity contribution in [3.05, 3.63) is 24.1 Å². The highest BCUT2D eigenvalue weighted by molar-refractivity contribution is 5.81. The smallest absolute Gasteiger partial charge is 0.408 e. The van der Waals surface area contributed by atoms with Gasteiger partial charge < -0.3 is 14.8 Å². The second-order valence-corrected chi connectivity index (χ2v) is 9.32. The molecule has 0 radical (unpaired) electrons. The minimum absolute atomic E-state index is 0.0271. The lowest BCUT2D eigenvalue weighted by molar-refractivity contribution is -0.156. The molecular formula is C22H36FNO4. The summed E-state index contributed by atoms with van der Waals surface area (Å²) in [5, 5.41) is 2.50. The van der Waals surface area contributed by atoms with Crippen molar-refractivity contribution in [2.75, 3.05) is 0 Å². The molecule has 5 atom stereocenters. The molecule has 1 N–H and O–H groups in total. The average Bonchev–Trinajstić information content (AvgIpc) is 2.49. The Morgan fingerprint density at radius 1 is 1.21 bits per heavy atom. The number of amides is 1. The van der Waals surface area contributed by atoms with Crippen LogP contribution in [-0.4, -0.2) is 29.8 Å². The van der Waals surface area contributed by atoms with Crippen LogP contribution in [0.4, 0.5) is 9.18 Å². The van der Waals surface area contributed by atoms with Gasteiger partial charge in [0.25, 0.3) is 0 Å². The van der Waals surface area contributed by atoms with Crippen LogP contribution in [0.1, 0.15) is 62.3 Å². The first kappa shape index (κ1) is 24.2. The minimum Gasteiger partial charge on any atom is -0.461 e. The van der Waals surface area contributed by atoms with Crippen LogP contribution in [0.25, 0.3) is 0 Å². The van der Waals surface area contributed by atoms with Crippen molar-refractivity contribution >= 4 is 12.1 Å². The number of esters is 1. The molecule has 1 aliphatic carbocycles. The van der Waals surface area contributed by atoms with Crippen LogP contribution in [-0.2, 0) is 14.3 Å². The summed E-state index contributed by atoms with van der Waals surface area (Å²) in [6.45, 7) is 16.8. The Hall–Kier alpha value is -1.85. The lowest BCUT2D eigenvalue weighted by atomic mass is 9.61. The van der Waals surface area contributed by atoms with E-state index in [4.69, 9.17) is 9.47 Å². The van der Waals surface area contributed by atoms with Gasteiger partial charge in [-0.3, -0.25) is 0 Å². The number of rotatable bonds is 6. The summed E-state index contributed by atoms with van der Waals surface area (Å²) in [5.41, 5.74) is -1.00. The van der Waals surface area contributed by atoms with E-state index in [-0.39, 0.29) is 29.0 Å². The summed E-state index contributed by atoms with van der Waals surface area (Å²) in [6.07, 6.45) is 3.89. The third-order valence-electron chi connectivity index (χ3n) is 5.32. The molecule has 0 aromatic rings. The summed E-state index contributed by atoms with van der Waals surface area (Å²) >= 11 is 0. The summed E-state index contributed by atoms with van der Waals surface area (Å²) in [5.74, 6) is -0.637. The molecule has 0 aromatic carbocycles. The van der Waals surface area contributed by atoms with Gasteiger partial charge in [0, 0.05) is 5.92 Å². The van der Waals surface area contributed by atoms with Crippen LogP contribution < -0.4 is 5.32 Å². The van der Waals surface area contributed by atoms with Gasteiger partial charge in [-0.15, -0.1) is 0 Å². The molecule has 0 spiro atoms. The van der Waals surface area contributed by atoms with E-state index in [1.165, 1.54) is 6.08 Å². The minimum atomic E-state index is -0.838. The Labute approximate surface area is 168 Å². The van der Waals surface area contributed by atoms with Crippen LogP contribution in [0.3, 0.4) is 0 Å². The molecule has 6 heteroatoms. The van der Waals surface area contributed by atoms with E-state index in [0.29, 0.717) is 0 Å². The number of ether oxygens (including phenoxy) is 2. The topological polar surface area (TPSA) is 64.6 Å². The lowest BCUT2D eigenvalue weighted by Gasteiger charge is -2.45. The number of carbonyl (C=O) groups is 2. The van der Waals surface area contributed by atoms with Crippen molar-refractivity contribution in [1.82, 2.24) is 5.32 Å². The van der Waals surface area contributed by atoms with Gasteiger partial charge in [0.2, 0.25) is 0 Å². The fourth-order valence-corrected chi connectivity index (χ4v) is 3.97. The highest BCUT2D eigenvalue weighted by Gasteiger charge is 2.44. The van der Waals surface area contributed by atoms with Crippen LogP contribution in [0.2, 0.25) is 0 Å². The van der Waals surface area contributed by atoms with E-state index in [0.717, 1.165) is 0 Å². The average molecular weight is 398 g/mol. The molecule has 1 amide bonds. The van der Waals surface area contributed by atoms with Gasteiger partial charge in [-0.25, -0.2) is 14.0 Å². The number of halogens is 1. The Kier molecular flexibility index (Phi) is 7.86. The zero-order valence-corrected chi connectivity index (χ0v) is 18.6. The van der Waals surface area contributed by atoms with Crippen molar-refractivity contribution in [3.8, 4) is 0 Å². The first-order valence-electron chi connectivity index (χ1n) is 9.94. The molecule has 0 saturated carbocycles. The molecule has 0 fully saturated rings. The van der Waals surface area contributed by atoms with Gasteiger partial charge in [0.1, 0.15) is 23.6 Å². The predicted octanol–water partition coefficient (Wildman–Crippen LogP) is 5.17. The van der Waals surface area contributed by atoms with Crippen molar-refractivity contribution in [3.63, 3.8) is 0 Å². The van der Waals surface area contributed by atoms with Crippen molar-refractivity contribution in [2.24, 2.45) is 23.2 Å². The zero-order chi connectivity index (χ0) is 21.9. The maximum Gasteiger partial charge on any atom is 0.408 e. The fourth-order valence-electron chi connectivity index (χ4n) is 3.97. The number of allylic oxidation sites excluding steroid dienone is 4. The SMILES string of the molecule is CC(C)[C@@H]([C@H](C)OC(=O)[C@H](C)NC(=O)OC(C)(C)C)C1(C)C=CC(F)=CC1C. The molecule has 0 saturated heterocycles. The van der Waals surface area contributed by atoms with Gasteiger partial charge in [0.15, 0.2) is 0 Å². The number of hydrogen-bond acceptors (Lipinski definition) is 4. The van der Waals surface area contributed by atoms with Crippen molar-refractivity contribution in [2.45, 2.75) is 80.1 Å². The zero-order valence-electron chi connectivity index (χ0n) is 18.6. The molecule has 5 nitrogen and oxygen atoms in total. The summed E-state index contributed by atoms with van der Waals surface area (Å²) < 4.78 is 24.5. The number of hydrogen-bond donors (Lipinski definition) is 1. The number of alkyl carbamates (subject to hydrolysis) is 1. The van der Waals surface area contributed by atoms with E-state index in [1.54, 1.807) is 33.8 Å². The second-order valence-electron chi connectivity index (χ2n) is 9.32. The Bertz CT molecular complexity index is 635. The van der Waals surface area contributed by atoms with Crippen LogP contribution in [0.5, 0.6) is 0 Å². The molecule has 0 aliphatic heterocycles.